The van der Waals surface area contributed by atoms with Crippen LogP contribution in [-0.2, 0) is 9.53 Å². The van der Waals surface area contributed by atoms with Crippen LogP contribution in [0.5, 0.6) is 0 Å². The molecule has 1 aliphatic rings. The molecule has 0 radical (unpaired) electrons. The number of nitrogens with zero attached hydrogens (tertiary/aromatic N) is 1. The minimum Gasteiger partial charge on any atom is -0.480 e. The van der Waals surface area contributed by atoms with Crippen LogP contribution in [-0.4, -0.2) is 39.8 Å². The van der Waals surface area contributed by atoms with Gasteiger partial charge in [0.15, 0.2) is 0 Å². The van der Waals surface area contributed by atoms with Crippen molar-refractivity contribution in [2.45, 2.75) is 71.6 Å². The minimum atomic E-state index is -0.963. The molecule has 0 aromatic rings. The Morgan fingerprint density at radius 2 is 1.90 bits per heavy atom. The molecule has 0 fully saturated rings. The van der Waals surface area contributed by atoms with Crippen LogP contribution in [0.3, 0.4) is 0 Å². The Balaban J connectivity index is 3.00. The van der Waals surface area contributed by atoms with Gasteiger partial charge in [0.2, 0.25) is 0 Å². The van der Waals surface area contributed by atoms with E-state index < -0.39 is 23.7 Å². The number of carbonyl (C=O) groups excluding carboxylic acids is 1. The normalized spacial score (nSPS) is 20.2. The summed E-state index contributed by atoms with van der Waals surface area (Å²) < 4.78 is 5.39. The highest BCUT2D eigenvalue weighted by Crippen LogP contribution is 2.28. The van der Waals surface area contributed by atoms with E-state index in [4.69, 9.17) is 4.74 Å². The zero-order valence-electron chi connectivity index (χ0n) is 13.6. The van der Waals surface area contributed by atoms with E-state index in [-0.39, 0.29) is 12.0 Å². The third kappa shape index (κ3) is 5.06. The molecule has 0 heterocycles. The Morgan fingerprint density at radius 1 is 1.29 bits per heavy atom. The molecular formula is C16H27NO4. The maximum atomic E-state index is 12.4. The van der Waals surface area contributed by atoms with Crippen LogP contribution in [0.15, 0.2) is 12.2 Å². The molecule has 1 amide bonds. The van der Waals surface area contributed by atoms with Crippen molar-refractivity contribution in [2.24, 2.45) is 5.92 Å². The molecule has 2 unspecified atom stereocenters. The zero-order chi connectivity index (χ0) is 16.2. The second-order valence-corrected chi connectivity index (χ2v) is 6.81. The first-order valence-electron chi connectivity index (χ1n) is 7.52. The molecule has 0 saturated heterocycles. The zero-order valence-corrected chi connectivity index (χ0v) is 13.6. The lowest BCUT2D eigenvalue weighted by Gasteiger charge is -2.38. The van der Waals surface area contributed by atoms with E-state index in [1.807, 2.05) is 19.9 Å². The van der Waals surface area contributed by atoms with Crippen LogP contribution in [0.2, 0.25) is 0 Å². The van der Waals surface area contributed by atoms with E-state index >= 15 is 0 Å². The van der Waals surface area contributed by atoms with Crippen LogP contribution in [0, 0.1) is 5.92 Å². The number of carbonyl (C=O) groups is 2. The highest BCUT2D eigenvalue weighted by molar-refractivity contribution is 5.80. The third-order valence-electron chi connectivity index (χ3n) is 3.47. The number of amides is 1. The van der Waals surface area contributed by atoms with Gasteiger partial charge in [0.05, 0.1) is 0 Å². The number of ether oxygens (including phenoxy) is 1. The molecule has 0 spiro atoms. The van der Waals surface area contributed by atoms with Gasteiger partial charge in [-0.05, 0) is 59.8 Å². The largest absolute Gasteiger partial charge is 0.480 e. The SMILES string of the molecule is CC(C)N(C(=O)OC(C)(C)C)C(C(=O)O)C1CC=CCC1. The predicted molar refractivity (Wildman–Crippen MR) is 81.1 cm³/mol. The molecular weight excluding hydrogens is 270 g/mol. The van der Waals surface area contributed by atoms with E-state index in [1.54, 1.807) is 20.8 Å². The van der Waals surface area contributed by atoms with Crippen molar-refractivity contribution >= 4 is 12.1 Å². The number of rotatable bonds is 4. The van der Waals surface area contributed by atoms with Gasteiger partial charge >= 0.3 is 12.1 Å². The van der Waals surface area contributed by atoms with Gasteiger partial charge in [0.25, 0.3) is 0 Å². The van der Waals surface area contributed by atoms with Gasteiger partial charge in [0.1, 0.15) is 11.6 Å². The summed E-state index contributed by atoms with van der Waals surface area (Å²) in [5.74, 6) is -1.03. The maximum absolute atomic E-state index is 12.4. The molecule has 2 atom stereocenters. The Kier molecular flexibility index (Phi) is 5.81. The van der Waals surface area contributed by atoms with E-state index in [1.165, 1.54) is 4.90 Å². The van der Waals surface area contributed by atoms with Crippen molar-refractivity contribution in [3.8, 4) is 0 Å². The number of aliphatic carboxylic acids is 1. The molecule has 21 heavy (non-hydrogen) atoms. The summed E-state index contributed by atoms with van der Waals surface area (Å²) in [6.07, 6.45) is 5.82. The molecule has 5 nitrogen and oxygen atoms in total. The lowest BCUT2D eigenvalue weighted by Crippen LogP contribution is -2.54. The molecule has 0 bridgehead atoms. The van der Waals surface area contributed by atoms with Gasteiger partial charge in [-0.3, -0.25) is 4.90 Å². The Bertz CT molecular complexity index is 409. The van der Waals surface area contributed by atoms with E-state index in [0.717, 1.165) is 12.8 Å². The Labute approximate surface area is 127 Å². The summed E-state index contributed by atoms with van der Waals surface area (Å²) in [6, 6.07) is -1.07. The fourth-order valence-electron chi connectivity index (χ4n) is 2.61. The summed E-state index contributed by atoms with van der Waals surface area (Å²) in [7, 11) is 0. The first kappa shape index (κ1) is 17.5. The topological polar surface area (TPSA) is 66.8 Å². The van der Waals surface area contributed by atoms with Crippen LogP contribution in [0.4, 0.5) is 4.79 Å². The van der Waals surface area contributed by atoms with Crippen LogP contribution < -0.4 is 0 Å². The standard InChI is InChI=1S/C16H27NO4/c1-11(2)17(15(20)21-16(3,4)5)13(14(18)19)12-9-7-6-8-10-12/h6-7,11-13H,8-10H2,1-5H3,(H,18,19). The number of hydrogen-bond donors (Lipinski definition) is 1. The summed E-state index contributed by atoms with van der Waals surface area (Å²) in [5.41, 5.74) is -0.639. The van der Waals surface area contributed by atoms with E-state index in [9.17, 15) is 14.7 Å². The molecule has 1 rings (SSSR count). The van der Waals surface area contributed by atoms with Gasteiger partial charge in [-0.25, -0.2) is 9.59 Å². The first-order chi connectivity index (χ1) is 9.63. The van der Waals surface area contributed by atoms with Crippen LogP contribution >= 0.6 is 0 Å². The van der Waals surface area contributed by atoms with E-state index in [2.05, 4.69) is 6.08 Å². The monoisotopic (exact) mass is 297 g/mol. The van der Waals surface area contributed by atoms with E-state index in [0.29, 0.717) is 6.42 Å². The number of allylic oxidation sites excluding steroid dienone is 2. The average Bonchev–Trinajstić information content (AvgIpc) is 2.33. The fraction of sp³-hybridized carbons (Fsp3) is 0.750. The van der Waals surface area contributed by atoms with Crippen molar-refractivity contribution in [1.29, 1.82) is 0 Å². The second-order valence-electron chi connectivity index (χ2n) is 6.81. The second kappa shape index (κ2) is 6.96. The van der Waals surface area contributed by atoms with Crippen LogP contribution in [0.1, 0.15) is 53.9 Å². The lowest BCUT2D eigenvalue weighted by atomic mass is 9.86. The van der Waals surface area contributed by atoms with Gasteiger partial charge in [-0.2, -0.15) is 0 Å². The first-order valence-corrected chi connectivity index (χ1v) is 7.52. The third-order valence-corrected chi connectivity index (χ3v) is 3.47. The summed E-state index contributed by atoms with van der Waals surface area (Å²) in [5, 5.41) is 9.62. The van der Waals surface area contributed by atoms with Crippen molar-refractivity contribution in [2.75, 3.05) is 0 Å². The maximum Gasteiger partial charge on any atom is 0.411 e. The number of hydrogen-bond acceptors (Lipinski definition) is 3. The highest BCUT2D eigenvalue weighted by Gasteiger charge is 2.39. The summed E-state index contributed by atoms with van der Waals surface area (Å²) in [4.78, 5) is 25.5. The van der Waals surface area contributed by atoms with Crippen molar-refractivity contribution in [3.05, 3.63) is 12.2 Å². The Hall–Kier alpha value is -1.52. The minimum absolute atomic E-state index is 0.0672. The van der Waals surface area contributed by atoms with Gasteiger partial charge in [-0.15, -0.1) is 0 Å². The van der Waals surface area contributed by atoms with Crippen molar-refractivity contribution in [3.63, 3.8) is 0 Å². The molecule has 1 aliphatic carbocycles. The number of carboxylic acids is 1. The van der Waals surface area contributed by atoms with Crippen LogP contribution in [0.25, 0.3) is 0 Å². The summed E-state index contributed by atoms with van der Waals surface area (Å²) in [6.45, 7) is 8.98. The Morgan fingerprint density at radius 3 is 2.29 bits per heavy atom. The van der Waals surface area contributed by atoms with Gasteiger partial charge < -0.3 is 9.84 Å². The molecule has 5 heteroatoms. The molecule has 0 aliphatic heterocycles. The molecule has 0 aromatic heterocycles. The quantitative estimate of drug-likeness (QED) is 0.807. The van der Waals surface area contributed by atoms with Crippen molar-refractivity contribution in [1.82, 2.24) is 4.90 Å². The van der Waals surface area contributed by atoms with Crippen molar-refractivity contribution < 1.29 is 19.4 Å². The smallest absolute Gasteiger partial charge is 0.411 e. The van der Waals surface area contributed by atoms with Gasteiger partial charge in [0, 0.05) is 6.04 Å². The molecule has 120 valence electrons. The molecule has 1 N–H and O–H groups in total. The highest BCUT2D eigenvalue weighted by atomic mass is 16.6. The number of carboxylic acid groups (broad SMARTS) is 1. The predicted octanol–water partition coefficient (Wildman–Crippen LogP) is 3.44. The molecule has 0 saturated carbocycles. The summed E-state index contributed by atoms with van der Waals surface area (Å²) >= 11 is 0. The fourth-order valence-corrected chi connectivity index (χ4v) is 2.61. The average molecular weight is 297 g/mol. The lowest BCUT2D eigenvalue weighted by molar-refractivity contribution is -0.146. The van der Waals surface area contributed by atoms with Gasteiger partial charge in [-0.1, -0.05) is 12.2 Å². The molecule has 0 aromatic carbocycles.